The maximum absolute atomic E-state index is 11.1. The molecule has 0 bridgehead atoms. The normalized spacial score (nSPS) is 10.4. The average molecular weight is 332 g/mol. The molecule has 4 nitrogen and oxygen atoms in total. The Bertz CT molecular complexity index is 561. The molecule has 1 aromatic carbocycles. The van der Waals surface area contributed by atoms with Crippen LogP contribution in [0.5, 0.6) is 11.5 Å². The first-order chi connectivity index (χ1) is 7.74. The number of alkyl halides is 1. The number of rotatable bonds is 3. The van der Waals surface area contributed by atoms with Gasteiger partial charge in [-0.3, -0.25) is 0 Å². The van der Waals surface area contributed by atoms with Crippen LogP contribution in [0.25, 0.3) is 11.0 Å². The molecular weight excluding hydrogens is 323 g/mol. The standard InChI is InChI=1S/C11H9IO4/c1-14-9-4-7-2-3-11(13)16-8(7)5-10(9)15-6-12/h2-5H,6H2,1H3. The van der Waals surface area contributed by atoms with Gasteiger partial charge in [0.15, 0.2) is 11.5 Å². The fraction of sp³-hybridized carbons (Fsp3) is 0.182. The number of hydrogen-bond donors (Lipinski definition) is 0. The lowest BCUT2D eigenvalue weighted by Gasteiger charge is -2.09. The first kappa shape index (κ1) is 11.3. The number of benzene rings is 1. The minimum atomic E-state index is -0.377. The van der Waals surface area contributed by atoms with Crippen molar-refractivity contribution in [3.05, 3.63) is 34.7 Å². The van der Waals surface area contributed by atoms with Crippen LogP contribution in [0.3, 0.4) is 0 Å². The van der Waals surface area contributed by atoms with Crippen molar-refractivity contribution in [1.82, 2.24) is 0 Å². The van der Waals surface area contributed by atoms with Crippen molar-refractivity contribution in [2.45, 2.75) is 0 Å². The van der Waals surface area contributed by atoms with Crippen molar-refractivity contribution in [1.29, 1.82) is 0 Å². The predicted octanol–water partition coefficient (Wildman–Crippen LogP) is 2.57. The van der Waals surface area contributed by atoms with Gasteiger partial charge in [0, 0.05) is 17.5 Å². The number of methoxy groups -OCH3 is 1. The molecule has 1 heterocycles. The van der Waals surface area contributed by atoms with Gasteiger partial charge in [0.2, 0.25) is 0 Å². The molecular formula is C11H9IO4. The van der Waals surface area contributed by atoms with E-state index in [1.54, 1.807) is 25.3 Å². The highest BCUT2D eigenvalue weighted by Gasteiger charge is 2.08. The van der Waals surface area contributed by atoms with Crippen LogP contribution >= 0.6 is 22.6 Å². The lowest BCUT2D eigenvalue weighted by molar-refractivity contribution is 0.350. The molecule has 0 atom stereocenters. The van der Waals surface area contributed by atoms with Gasteiger partial charge in [-0.1, -0.05) is 0 Å². The second-order valence-electron chi connectivity index (χ2n) is 3.05. The summed E-state index contributed by atoms with van der Waals surface area (Å²) in [7, 11) is 1.57. The molecule has 16 heavy (non-hydrogen) atoms. The van der Waals surface area contributed by atoms with E-state index >= 15 is 0 Å². The van der Waals surface area contributed by atoms with Crippen LogP contribution in [-0.4, -0.2) is 11.7 Å². The summed E-state index contributed by atoms with van der Waals surface area (Å²) in [5.74, 6) is 1.19. The van der Waals surface area contributed by atoms with Crippen molar-refractivity contribution in [3.63, 3.8) is 0 Å². The molecule has 0 aliphatic heterocycles. The van der Waals surface area contributed by atoms with Crippen LogP contribution < -0.4 is 15.1 Å². The molecule has 5 heteroatoms. The number of fused-ring (bicyclic) bond motifs is 1. The van der Waals surface area contributed by atoms with E-state index in [9.17, 15) is 4.79 Å². The van der Waals surface area contributed by atoms with Gasteiger partial charge >= 0.3 is 5.63 Å². The fourth-order valence-corrected chi connectivity index (χ4v) is 1.74. The zero-order valence-electron chi connectivity index (χ0n) is 8.53. The summed E-state index contributed by atoms with van der Waals surface area (Å²) in [6, 6.07) is 6.51. The van der Waals surface area contributed by atoms with E-state index in [0.717, 1.165) is 5.39 Å². The highest BCUT2D eigenvalue weighted by Crippen LogP contribution is 2.31. The molecule has 0 aliphatic rings. The van der Waals surface area contributed by atoms with Crippen LogP contribution in [0.4, 0.5) is 0 Å². The Labute approximate surface area is 105 Å². The van der Waals surface area contributed by atoms with Gasteiger partial charge in [-0.2, -0.15) is 0 Å². The van der Waals surface area contributed by atoms with E-state index in [0.29, 0.717) is 21.7 Å². The zero-order chi connectivity index (χ0) is 11.5. The largest absolute Gasteiger partial charge is 0.493 e. The van der Waals surface area contributed by atoms with Gasteiger partial charge in [-0.25, -0.2) is 4.79 Å². The SMILES string of the molecule is COc1cc2ccc(=O)oc2cc1OCI. The smallest absolute Gasteiger partial charge is 0.336 e. The van der Waals surface area contributed by atoms with E-state index in [4.69, 9.17) is 13.9 Å². The molecule has 0 N–H and O–H groups in total. The Morgan fingerprint density at radius 3 is 2.81 bits per heavy atom. The molecule has 0 spiro atoms. The maximum atomic E-state index is 11.1. The van der Waals surface area contributed by atoms with Crippen molar-refractivity contribution in [2.24, 2.45) is 0 Å². The summed E-state index contributed by atoms with van der Waals surface area (Å²) in [6.45, 7) is 0. The maximum Gasteiger partial charge on any atom is 0.336 e. The quantitative estimate of drug-likeness (QED) is 0.492. The molecule has 0 saturated carbocycles. The summed E-state index contributed by atoms with van der Waals surface area (Å²) in [6.07, 6.45) is 0. The molecule has 0 saturated heterocycles. The molecule has 0 amide bonds. The second-order valence-corrected chi connectivity index (χ2v) is 3.67. The van der Waals surface area contributed by atoms with Gasteiger partial charge in [-0.05, 0) is 34.7 Å². The lowest BCUT2D eigenvalue weighted by Crippen LogP contribution is -1.97. The van der Waals surface area contributed by atoms with Gasteiger partial charge < -0.3 is 13.9 Å². The zero-order valence-corrected chi connectivity index (χ0v) is 10.7. The summed E-state index contributed by atoms with van der Waals surface area (Å²) in [4.78, 5) is 11.1. The van der Waals surface area contributed by atoms with Gasteiger partial charge in [0.1, 0.15) is 10.2 Å². The van der Waals surface area contributed by atoms with Gasteiger partial charge in [0.25, 0.3) is 0 Å². The van der Waals surface area contributed by atoms with E-state index in [2.05, 4.69) is 22.6 Å². The third-order valence-electron chi connectivity index (χ3n) is 2.12. The van der Waals surface area contributed by atoms with E-state index in [1.165, 1.54) is 6.07 Å². The molecule has 0 aliphatic carbocycles. The van der Waals surface area contributed by atoms with Crippen LogP contribution in [0, 0.1) is 0 Å². The Morgan fingerprint density at radius 1 is 1.31 bits per heavy atom. The number of halogens is 1. The highest BCUT2D eigenvalue weighted by molar-refractivity contribution is 14.1. The van der Waals surface area contributed by atoms with Crippen LogP contribution in [0.2, 0.25) is 0 Å². The molecule has 1 aromatic heterocycles. The van der Waals surface area contributed by atoms with Crippen molar-refractivity contribution >= 4 is 33.6 Å². The molecule has 0 fully saturated rings. The topological polar surface area (TPSA) is 48.7 Å². The Hall–Kier alpha value is -1.24. The lowest BCUT2D eigenvalue weighted by atomic mass is 10.2. The molecule has 2 rings (SSSR count). The van der Waals surface area contributed by atoms with E-state index in [-0.39, 0.29) is 5.63 Å². The molecule has 0 unspecified atom stereocenters. The van der Waals surface area contributed by atoms with Gasteiger partial charge in [-0.15, -0.1) is 0 Å². The van der Waals surface area contributed by atoms with Crippen LogP contribution in [0.1, 0.15) is 0 Å². The minimum Gasteiger partial charge on any atom is -0.493 e. The Kier molecular flexibility index (Phi) is 3.33. The summed E-state index contributed by atoms with van der Waals surface area (Å²) in [5.41, 5.74) is 0.117. The third-order valence-corrected chi connectivity index (χ3v) is 2.43. The van der Waals surface area contributed by atoms with Crippen LogP contribution in [-0.2, 0) is 0 Å². The minimum absolute atomic E-state index is 0.377. The summed E-state index contributed by atoms with van der Waals surface area (Å²) < 4.78 is 16.1. The van der Waals surface area contributed by atoms with Crippen molar-refractivity contribution in [3.8, 4) is 11.5 Å². The Balaban J connectivity index is 2.65. The van der Waals surface area contributed by atoms with Gasteiger partial charge in [0.05, 0.1) is 7.11 Å². The molecule has 84 valence electrons. The van der Waals surface area contributed by atoms with E-state index in [1.807, 2.05) is 0 Å². The number of ether oxygens (including phenoxy) is 2. The molecule has 0 radical (unpaired) electrons. The predicted molar refractivity (Wildman–Crippen MR) is 68.6 cm³/mol. The number of hydrogen-bond acceptors (Lipinski definition) is 4. The highest BCUT2D eigenvalue weighted by atomic mass is 127. The van der Waals surface area contributed by atoms with Crippen molar-refractivity contribution < 1.29 is 13.9 Å². The Morgan fingerprint density at radius 2 is 2.12 bits per heavy atom. The fourth-order valence-electron chi connectivity index (χ4n) is 1.41. The summed E-state index contributed by atoms with van der Waals surface area (Å²) in [5, 5.41) is 0.803. The third kappa shape index (κ3) is 2.13. The summed E-state index contributed by atoms with van der Waals surface area (Å²) >= 11 is 2.08. The first-order valence-electron chi connectivity index (χ1n) is 4.55. The van der Waals surface area contributed by atoms with E-state index < -0.39 is 0 Å². The van der Waals surface area contributed by atoms with Crippen LogP contribution in [0.15, 0.2) is 33.5 Å². The second kappa shape index (κ2) is 4.73. The average Bonchev–Trinajstić information content (AvgIpc) is 2.28. The van der Waals surface area contributed by atoms with Crippen molar-refractivity contribution in [2.75, 3.05) is 11.7 Å². The first-order valence-corrected chi connectivity index (χ1v) is 6.08. The molecule has 2 aromatic rings. The monoisotopic (exact) mass is 332 g/mol.